The van der Waals surface area contributed by atoms with Crippen molar-refractivity contribution < 1.29 is 0 Å². The van der Waals surface area contributed by atoms with E-state index in [1.807, 2.05) is 6.92 Å². The van der Waals surface area contributed by atoms with Gasteiger partial charge in [0, 0.05) is 12.6 Å². The highest BCUT2D eigenvalue weighted by Crippen LogP contribution is 2.43. The fourth-order valence-electron chi connectivity index (χ4n) is 3.05. The Bertz CT molecular complexity index is 372. The first kappa shape index (κ1) is 11.6. The third-order valence-electron chi connectivity index (χ3n) is 4.11. The predicted molar refractivity (Wildman–Crippen MR) is 70.0 cm³/mol. The molecule has 2 aliphatic rings. The molecule has 4 heteroatoms. The highest BCUT2D eigenvalue weighted by molar-refractivity contribution is 7.11. The van der Waals surface area contributed by atoms with Crippen LogP contribution in [-0.4, -0.2) is 16.2 Å². The molecular formula is C13H21N3S. The molecule has 0 unspecified atom stereocenters. The summed E-state index contributed by atoms with van der Waals surface area (Å²) in [6, 6.07) is 0.721. The Balaban J connectivity index is 1.47. The van der Waals surface area contributed by atoms with Crippen LogP contribution >= 0.6 is 11.3 Å². The van der Waals surface area contributed by atoms with Gasteiger partial charge < -0.3 is 5.32 Å². The van der Waals surface area contributed by atoms with Gasteiger partial charge in [-0.3, -0.25) is 0 Å². The summed E-state index contributed by atoms with van der Waals surface area (Å²) in [4.78, 5) is 0. The Hall–Kier alpha value is -0.480. The van der Waals surface area contributed by atoms with Crippen molar-refractivity contribution >= 4 is 11.3 Å². The van der Waals surface area contributed by atoms with Crippen LogP contribution in [-0.2, 0) is 6.54 Å². The van der Waals surface area contributed by atoms with Crippen molar-refractivity contribution in [1.29, 1.82) is 0 Å². The normalized spacial score (nSPS) is 29.5. The van der Waals surface area contributed by atoms with E-state index in [1.54, 1.807) is 11.3 Å². The molecule has 0 aliphatic heterocycles. The standard InChI is InChI=1S/C13H21N3S/c1-9-15-16-13(17-9)8-14-12-4-2-3-11(7-12)10-5-6-10/h10-12,14H,2-8H2,1H3/t11-,12+/m0/s1. The zero-order valence-electron chi connectivity index (χ0n) is 10.5. The van der Waals surface area contributed by atoms with Crippen LogP contribution in [0.5, 0.6) is 0 Å². The van der Waals surface area contributed by atoms with Gasteiger partial charge >= 0.3 is 0 Å². The van der Waals surface area contributed by atoms with E-state index in [4.69, 9.17) is 0 Å². The molecule has 0 amide bonds. The molecule has 3 nitrogen and oxygen atoms in total. The van der Waals surface area contributed by atoms with Crippen LogP contribution in [0.15, 0.2) is 0 Å². The monoisotopic (exact) mass is 251 g/mol. The van der Waals surface area contributed by atoms with Crippen molar-refractivity contribution in [1.82, 2.24) is 15.5 Å². The van der Waals surface area contributed by atoms with Crippen molar-refractivity contribution in [2.75, 3.05) is 0 Å². The molecule has 2 saturated carbocycles. The zero-order chi connectivity index (χ0) is 11.7. The Morgan fingerprint density at radius 3 is 2.76 bits per heavy atom. The molecule has 1 aromatic heterocycles. The molecule has 3 rings (SSSR count). The van der Waals surface area contributed by atoms with Gasteiger partial charge in [0.25, 0.3) is 0 Å². The summed E-state index contributed by atoms with van der Waals surface area (Å²) in [5, 5.41) is 14.1. The molecule has 1 N–H and O–H groups in total. The van der Waals surface area contributed by atoms with Gasteiger partial charge in [0.15, 0.2) is 0 Å². The zero-order valence-corrected chi connectivity index (χ0v) is 11.3. The number of hydrogen-bond donors (Lipinski definition) is 1. The second kappa shape index (κ2) is 5.02. The SMILES string of the molecule is Cc1nnc(CN[C@@H]2CCC[C@H](C3CC3)C2)s1. The van der Waals surface area contributed by atoms with Crippen LogP contribution in [0.4, 0.5) is 0 Å². The van der Waals surface area contributed by atoms with Crippen molar-refractivity contribution in [2.45, 2.75) is 58.0 Å². The van der Waals surface area contributed by atoms with Gasteiger partial charge in [-0.05, 0) is 44.4 Å². The number of nitrogens with one attached hydrogen (secondary N) is 1. The molecular weight excluding hydrogens is 230 g/mol. The van der Waals surface area contributed by atoms with Crippen molar-refractivity contribution in [2.24, 2.45) is 11.8 Å². The molecule has 94 valence electrons. The second-order valence-corrected chi connectivity index (χ2v) is 6.82. The first-order valence-corrected chi connectivity index (χ1v) is 7.65. The number of hydrogen-bond acceptors (Lipinski definition) is 4. The Kier molecular flexibility index (Phi) is 3.43. The Labute approximate surface area is 107 Å². The van der Waals surface area contributed by atoms with Crippen LogP contribution < -0.4 is 5.32 Å². The van der Waals surface area contributed by atoms with Gasteiger partial charge in [0.05, 0.1) is 0 Å². The van der Waals surface area contributed by atoms with E-state index in [1.165, 1.54) is 38.5 Å². The number of nitrogens with zero attached hydrogens (tertiary/aromatic N) is 2. The maximum Gasteiger partial charge on any atom is 0.131 e. The number of aromatic nitrogens is 2. The van der Waals surface area contributed by atoms with Gasteiger partial charge in [0.1, 0.15) is 10.0 Å². The molecule has 0 spiro atoms. The quantitative estimate of drug-likeness (QED) is 0.894. The smallest absolute Gasteiger partial charge is 0.131 e. The summed E-state index contributed by atoms with van der Waals surface area (Å²) in [5.41, 5.74) is 0. The third-order valence-corrected chi connectivity index (χ3v) is 4.95. The second-order valence-electron chi connectivity index (χ2n) is 5.56. The van der Waals surface area contributed by atoms with Crippen LogP contribution in [0, 0.1) is 18.8 Å². The molecule has 0 bridgehead atoms. The largest absolute Gasteiger partial charge is 0.308 e. The molecule has 1 aromatic rings. The van der Waals surface area contributed by atoms with Gasteiger partial charge in [-0.15, -0.1) is 21.5 Å². The lowest BCUT2D eigenvalue weighted by atomic mass is 9.83. The van der Waals surface area contributed by atoms with E-state index in [0.717, 1.165) is 34.4 Å². The minimum atomic E-state index is 0.721. The fraction of sp³-hybridized carbons (Fsp3) is 0.846. The summed E-state index contributed by atoms with van der Waals surface area (Å²) in [7, 11) is 0. The first-order chi connectivity index (χ1) is 8.31. The predicted octanol–water partition coefficient (Wildman–Crippen LogP) is 2.90. The number of aryl methyl sites for hydroxylation is 1. The summed E-state index contributed by atoms with van der Waals surface area (Å²) in [5.74, 6) is 2.08. The van der Waals surface area contributed by atoms with E-state index in [9.17, 15) is 0 Å². The minimum Gasteiger partial charge on any atom is -0.308 e. The lowest BCUT2D eigenvalue weighted by Gasteiger charge is -2.29. The highest BCUT2D eigenvalue weighted by atomic mass is 32.1. The van der Waals surface area contributed by atoms with Crippen LogP contribution in [0.3, 0.4) is 0 Å². The van der Waals surface area contributed by atoms with E-state index >= 15 is 0 Å². The first-order valence-electron chi connectivity index (χ1n) is 6.83. The third kappa shape index (κ3) is 3.05. The van der Waals surface area contributed by atoms with E-state index < -0.39 is 0 Å². The Morgan fingerprint density at radius 1 is 1.18 bits per heavy atom. The maximum atomic E-state index is 4.17. The van der Waals surface area contributed by atoms with Gasteiger partial charge in [-0.25, -0.2) is 0 Å². The topological polar surface area (TPSA) is 37.8 Å². The van der Waals surface area contributed by atoms with Gasteiger partial charge in [-0.1, -0.05) is 12.8 Å². The summed E-state index contributed by atoms with van der Waals surface area (Å²) < 4.78 is 0. The van der Waals surface area contributed by atoms with E-state index in [0.29, 0.717) is 0 Å². The molecule has 2 aliphatic carbocycles. The average molecular weight is 251 g/mol. The minimum absolute atomic E-state index is 0.721. The van der Waals surface area contributed by atoms with Crippen LogP contribution in [0.1, 0.15) is 48.5 Å². The summed E-state index contributed by atoms with van der Waals surface area (Å²) in [6.45, 7) is 2.93. The summed E-state index contributed by atoms with van der Waals surface area (Å²) >= 11 is 1.71. The van der Waals surface area contributed by atoms with Crippen LogP contribution in [0.2, 0.25) is 0 Å². The average Bonchev–Trinajstić information content (AvgIpc) is 3.11. The lowest BCUT2D eigenvalue weighted by molar-refractivity contribution is 0.260. The molecule has 2 atom stereocenters. The van der Waals surface area contributed by atoms with Gasteiger partial charge in [-0.2, -0.15) is 0 Å². The van der Waals surface area contributed by atoms with Crippen molar-refractivity contribution in [3.05, 3.63) is 10.0 Å². The molecule has 2 fully saturated rings. The van der Waals surface area contributed by atoms with Crippen molar-refractivity contribution in [3.8, 4) is 0 Å². The fourth-order valence-corrected chi connectivity index (χ4v) is 3.71. The summed E-state index contributed by atoms with van der Waals surface area (Å²) in [6.07, 6.45) is 8.61. The van der Waals surface area contributed by atoms with Gasteiger partial charge in [0.2, 0.25) is 0 Å². The molecule has 1 heterocycles. The highest BCUT2D eigenvalue weighted by Gasteiger charge is 2.34. The molecule has 0 radical (unpaired) electrons. The number of rotatable bonds is 4. The van der Waals surface area contributed by atoms with Crippen LogP contribution in [0.25, 0.3) is 0 Å². The lowest BCUT2D eigenvalue weighted by Crippen LogP contribution is -2.34. The maximum absolute atomic E-state index is 4.17. The van der Waals surface area contributed by atoms with E-state index in [2.05, 4.69) is 15.5 Å². The molecule has 17 heavy (non-hydrogen) atoms. The molecule has 0 saturated heterocycles. The Morgan fingerprint density at radius 2 is 2.06 bits per heavy atom. The molecule has 0 aromatic carbocycles. The van der Waals surface area contributed by atoms with E-state index in [-0.39, 0.29) is 0 Å². The van der Waals surface area contributed by atoms with Crippen molar-refractivity contribution in [3.63, 3.8) is 0 Å².